The van der Waals surface area contributed by atoms with Crippen LogP contribution in [0.5, 0.6) is 0 Å². The van der Waals surface area contributed by atoms with Gasteiger partial charge in [0.15, 0.2) is 0 Å². The van der Waals surface area contributed by atoms with E-state index in [2.05, 4.69) is 151 Å². The molecule has 4 aromatic carbocycles. The highest BCUT2D eigenvalue weighted by Gasteiger charge is 2.12. The predicted molar refractivity (Wildman–Crippen MR) is 216 cm³/mol. The van der Waals surface area contributed by atoms with Crippen molar-refractivity contribution < 1.29 is 28.5 Å². The molecule has 0 fully saturated rings. The van der Waals surface area contributed by atoms with Gasteiger partial charge in [0.05, 0.1) is 26.9 Å². The summed E-state index contributed by atoms with van der Waals surface area (Å²) in [6.07, 6.45) is 4.23. The molecule has 8 nitrogen and oxygen atoms in total. The Hall–Kier alpha value is -5.50. The average molecular weight is 719 g/mol. The summed E-state index contributed by atoms with van der Waals surface area (Å²) in [7, 11) is 1.30. The summed E-state index contributed by atoms with van der Waals surface area (Å²) in [5, 5.41) is 0. The third kappa shape index (κ3) is 11.8. The van der Waals surface area contributed by atoms with Gasteiger partial charge >= 0.3 is 12.3 Å². The van der Waals surface area contributed by atoms with Gasteiger partial charge in [-0.15, -0.1) is 0 Å². The van der Waals surface area contributed by atoms with Crippen molar-refractivity contribution in [3.05, 3.63) is 143 Å². The molecule has 0 N–H and O–H groups in total. The van der Waals surface area contributed by atoms with Gasteiger partial charge in [-0.1, -0.05) is 84.9 Å². The molecule has 0 aliphatic heterocycles. The van der Waals surface area contributed by atoms with E-state index in [9.17, 15) is 9.59 Å². The van der Waals surface area contributed by atoms with E-state index in [1.54, 1.807) is 6.92 Å². The smallest absolute Gasteiger partial charge is 0.438 e. The van der Waals surface area contributed by atoms with E-state index in [-0.39, 0.29) is 19.8 Å². The molecule has 280 valence electrons. The molecule has 8 heteroatoms. The molecule has 0 bridgehead atoms. The maximum absolute atomic E-state index is 11.7. The fraction of sp³-hybridized carbons (Fsp3) is 0.333. The van der Waals surface area contributed by atoms with Gasteiger partial charge in [-0.25, -0.2) is 9.59 Å². The number of nitrogens with zero attached hydrogens (tertiary/aromatic N) is 2. The Morgan fingerprint density at radius 2 is 0.830 bits per heavy atom. The maximum atomic E-state index is 11.7. The lowest BCUT2D eigenvalue weighted by Crippen LogP contribution is -2.21. The summed E-state index contributed by atoms with van der Waals surface area (Å²) in [6.45, 7) is 15.0. The summed E-state index contributed by atoms with van der Waals surface area (Å²) < 4.78 is 19.8. The molecule has 0 radical (unpaired) electrons. The van der Waals surface area contributed by atoms with Crippen LogP contribution in [0.2, 0.25) is 0 Å². The molecular formula is C45H54N2O6. The number of carbonyl (C=O) groups excluding carboxylic acids is 2. The van der Waals surface area contributed by atoms with Crippen molar-refractivity contribution >= 4 is 34.8 Å². The van der Waals surface area contributed by atoms with Crippen molar-refractivity contribution in [2.45, 2.75) is 47.5 Å². The van der Waals surface area contributed by atoms with Crippen LogP contribution in [0.1, 0.15) is 68.0 Å². The van der Waals surface area contributed by atoms with Crippen molar-refractivity contribution in [1.29, 1.82) is 0 Å². The largest absolute Gasteiger partial charge is 0.508 e. The number of methoxy groups -OCH3 is 1. The third-order valence-electron chi connectivity index (χ3n) is 9.21. The Bertz CT molecular complexity index is 1710. The van der Waals surface area contributed by atoms with Crippen LogP contribution < -0.4 is 9.80 Å². The normalized spacial score (nSPS) is 11.0. The van der Waals surface area contributed by atoms with E-state index >= 15 is 0 Å². The Balaban J connectivity index is 1.76. The van der Waals surface area contributed by atoms with Gasteiger partial charge in [0.1, 0.15) is 0 Å². The quantitative estimate of drug-likeness (QED) is 0.0744. The summed E-state index contributed by atoms with van der Waals surface area (Å²) in [4.78, 5) is 27.8. The van der Waals surface area contributed by atoms with Crippen molar-refractivity contribution in [1.82, 2.24) is 0 Å². The van der Waals surface area contributed by atoms with Crippen LogP contribution >= 0.6 is 0 Å². The first-order valence-electron chi connectivity index (χ1n) is 18.6. The van der Waals surface area contributed by atoms with Gasteiger partial charge in [0, 0.05) is 50.4 Å². The van der Waals surface area contributed by atoms with Crippen molar-refractivity contribution in [3.63, 3.8) is 0 Å². The first-order valence-corrected chi connectivity index (χ1v) is 18.6. The van der Waals surface area contributed by atoms with Crippen molar-refractivity contribution in [3.8, 4) is 0 Å². The molecular weight excluding hydrogens is 665 g/mol. The molecule has 0 spiro atoms. The highest BCUT2D eigenvalue weighted by molar-refractivity contribution is 5.87. The van der Waals surface area contributed by atoms with Gasteiger partial charge in [0.25, 0.3) is 0 Å². The minimum Gasteiger partial charge on any atom is -0.438 e. The molecule has 4 rings (SSSR count). The summed E-state index contributed by atoms with van der Waals surface area (Å²) in [5.74, 6) is 0. The molecule has 0 saturated carbocycles. The number of carbonyl (C=O) groups is 2. The van der Waals surface area contributed by atoms with Crippen molar-refractivity contribution in [2.24, 2.45) is 0 Å². The lowest BCUT2D eigenvalue weighted by atomic mass is 9.92. The molecule has 53 heavy (non-hydrogen) atoms. The number of hydrogen-bond donors (Lipinski definition) is 0. The van der Waals surface area contributed by atoms with E-state index in [1.165, 1.54) is 18.5 Å². The van der Waals surface area contributed by atoms with Crippen LogP contribution in [-0.4, -0.2) is 65.4 Å². The lowest BCUT2D eigenvalue weighted by Gasteiger charge is -2.22. The van der Waals surface area contributed by atoms with Crippen LogP contribution in [-0.2, 0) is 31.8 Å². The molecule has 4 aromatic rings. The Morgan fingerprint density at radius 3 is 1.15 bits per heavy atom. The van der Waals surface area contributed by atoms with E-state index in [0.29, 0.717) is 12.8 Å². The second kappa shape index (κ2) is 21.1. The standard InChI is InChI=1S/C45H54N2O6/c1-7-46(8-2)40-24-20-38(21-25-40)43(39-22-26-41(27-23-39)47(9-3)10-4)29-28-42(36-16-12-34(13-17-36)30-32-52-44(48)50-6)37-18-14-35(15-19-37)31-33-53-45(49)51-11-5/h12-29H,7-11,30-33H2,1-6H3. The number of anilines is 2. The van der Waals surface area contributed by atoms with Gasteiger partial charge in [-0.3, -0.25) is 0 Å². The average Bonchev–Trinajstić information content (AvgIpc) is 3.19. The zero-order valence-corrected chi connectivity index (χ0v) is 32.1. The lowest BCUT2D eigenvalue weighted by molar-refractivity contribution is 0.0598. The van der Waals surface area contributed by atoms with Crippen LogP contribution in [0.15, 0.2) is 109 Å². The summed E-state index contributed by atoms with van der Waals surface area (Å²) in [5.41, 5.74) is 11.0. The van der Waals surface area contributed by atoms with Gasteiger partial charge in [-0.2, -0.15) is 0 Å². The zero-order chi connectivity index (χ0) is 38.0. The Labute approximate surface area is 315 Å². The molecule has 0 aliphatic carbocycles. The highest BCUT2D eigenvalue weighted by Crippen LogP contribution is 2.31. The number of benzene rings is 4. The number of ether oxygens (including phenoxy) is 4. The fourth-order valence-corrected chi connectivity index (χ4v) is 6.19. The Morgan fingerprint density at radius 1 is 0.491 bits per heavy atom. The van der Waals surface area contributed by atoms with Crippen LogP contribution in [0, 0.1) is 0 Å². The third-order valence-corrected chi connectivity index (χ3v) is 9.21. The first-order chi connectivity index (χ1) is 25.8. The monoisotopic (exact) mass is 718 g/mol. The highest BCUT2D eigenvalue weighted by atomic mass is 16.7. The minimum absolute atomic E-state index is 0.238. The van der Waals surface area contributed by atoms with E-state index in [0.717, 1.165) is 70.7 Å². The topological polar surface area (TPSA) is 77.5 Å². The second-order valence-electron chi connectivity index (χ2n) is 12.3. The second-order valence-corrected chi connectivity index (χ2v) is 12.3. The van der Waals surface area contributed by atoms with Gasteiger partial charge < -0.3 is 28.7 Å². The van der Waals surface area contributed by atoms with Gasteiger partial charge in [0.2, 0.25) is 0 Å². The summed E-state index contributed by atoms with van der Waals surface area (Å²) in [6, 6.07) is 34.4. The molecule has 0 aliphatic rings. The van der Waals surface area contributed by atoms with Crippen molar-refractivity contribution in [2.75, 3.05) is 62.9 Å². The number of hydrogen-bond acceptors (Lipinski definition) is 8. The van der Waals surface area contributed by atoms with Crippen LogP contribution in [0.3, 0.4) is 0 Å². The number of allylic oxidation sites excluding steroid dienone is 2. The van der Waals surface area contributed by atoms with E-state index in [4.69, 9.17) is 14.2 Å². The SMILES string of the molecule is CCOC(=O)OCCc1ccc(C(=CC=C(c2ccc(N(CC)CC)cc2)c2ccc(N(CC)CC)cc2)c2ccc(CCOC(=O)OC)cc2)cc1. The molecule has 0 aromatic heterocycles. The molecule has 0 unspecified atom stereocenters. The van der Waals surface area contributed by atoms with Gasteiger partial charge in [-0.05, 0) is 103 Å². The fourth-order valence-electron chi connectivity index (χ4n) is 6.19. The minimum atomic E-state index is -0.685. The summed E-state index contributed by atoms with van der Waals surface area (Å²) >= 11 is 0. The zero-order valence-electron chi connectivity index (χ0n) is 32.1. The molecule has 0 atom stereocenters. The van der Waals surface area contributed by atoms with E-state index in [1.807, 2.05) is 0 Å². The maximum Gasteiger partial charge on any atom is 0.508 e. The number of rotatable bonds is 18. The van der Waals surface area contributed by atoms with Crippen LogP contribution in [0.4, 0.5) is 21.0 Å². The van der Waals surface area contributed by atoms with E-state index < -0.39 is 12.3 Å². The molecule has 0 heterocycles. The predicted octanol–water partition coefficient (Wildman–Crippen LogP) is 9.98. The molecule has 0 saturated heterocycles. The molecule has 0 amide bonds. The van der Waals surface area contributed by atoms with Crippen LogP contribution in [0.25, 0.3) is 11.1 Å². The first kappa shape index (κ1) is 40.3. The Kier molecular flexibility index (Phi) is 16.1.